The number of amides is 3. The summed E-state index contributed by atoms with van der Waals surface area (Å²) in [6.45, 7) is 1.39. The van der Waals surface area contributed by atoms with E-state index >= 15 is 0 Å². The molecule has 3 rings (SSSR count). The van der Waals surface area contributed by atoms with E-state index in [1.165, 1.54) is 0 Å². The Morgan fingerprint density at radius 1 is 1.14 bits per heavy atom. The number of rotatable bonds is 10. The highest BCUT2D eigenvalue weighted by atomic mass is 16.5. The molecule has 2 heterocycles. The maximum absolute atomic E-state index is 12.9. The number of aliphatic hydroxyl groups excluding tert-OH is 1. The molecule has 2 unspecified atom stereocenters. The van der Waals surface area contributed by atoms with Gasteiger partial charge in [0.25, 0.3) is 11.8 Å². The number of ether oxygens (including phenoxy) is 2. The van der Waals surface area contributed by atoms with Gasteiger partial charge in [-0.3, -0.25) is 19.3 Å². The average Bonchev–Trinajstić information content (AvgIpc) is 2.95. The Bertz CT molecular complexity index is 798. The van der Waals surface area contributed by atoms with Gasteiger partial charge in [-0.05, 0) is 25.0 Å². The SMILES string of the molecule is O=CCOCCOCCNc1cccc2c1C(=O)N(C1CCC(O)NC1=O)C2=O. The minimum Gasteiger partial charge on any atom is -0.382 e. The second kappa shape index (κ2) is 9.59. The first-order chi connectivity index (χ1) is 14.0. The van der Waals surface area contributed by atoms with Crippen molar-refractivity contribution in [3.8, 4) is 0 Å². The van der Waals surface area contributed by atoms with Crippen molar-refractivity contribution in [3.63, 3.8) is 0 Å². The van der Waals surface area contributed by atoms with Gasteiger partial charge in [0, 0.05) is 12.2 Å². The minimum absolute atomic E-state index is 0.0301. The van der Waals surface area contributed by atoms with E-state index in [0.29, 0.717) is 38.3 Å². The molecule has 0 aromatic heterocycles. The van der Waals surface area contributed by atoms with Crippen LogP contribution in [0.2, 0.25) is 0 Å². The van der Waals surface area contributed by atoms with Crippen LogP contribution in [0.25, 0.3) is 0 Å². The third kappa shape index (κ3) is 4.61. The Morgan fingerprint density at radius 3 is 2.69 bits per heavy atom. The van der Waals surface area contributed by atoms with Gasteiger partial charge in [0.1, 0.15) is 25.2 Å². The number of nitrogens with zero attached hydrogens (tertiary/aromatic N) is 1. The van der Waals surface area contributed by atoms with E-state index in [0.717, 1.165) is 4.90 Å². The number of aliphatic hydroxyl groups is 1. The van der Waals surface area contributed by atoms with E-state index in [9.17, 15) is 24.3 Å². The van der Waals surface area contributed by atoms with E-state index in [4.69, 9.17) is 9.47 Å². The van der Waals surface area contributed by atoms with Gasteiger partial charge in [-0.15, -0.1) is 0 Å². The third-order valence-electron chi connectivity index (χ3n) is 4.70. The molecule has 0 aliphatic carbocycles. The Balaban J connectivity index is 1.61. The van der Waals surface area contributed by atoms with Crippen LogP contribution in [0.4, 0.5) is 5.69 Å². The maximum Gasteiger partial charge on any atom is 0.264 e. The van der Waals surface area contributed by atoms with E-state index in [1.54, 1.807) is 18.2 Å². The van der Waals surface area contributed by atoms with Gasteiger partial charge < -0.3 is 30.0 Å². The molecule has 3 N–H and O–H groups in total. The molecule has 1 aromatic rings. The van der Waals surface area contributed by atoms with Crippen molar-refractivity contribution in [2.24, 2.45) is 0 Å². The number of anilines is 1. The van der Waals surface area contributed by atoms with Crippen molar-refractivity contribution in [2.75, 3.05) is 38.3 Å². The summed E-state index contributed by atoms with van der Waals surface area (Å²) in [5, 5.41) is 15.0. The normalized spacial score (nSPS) is 21.1. The van der Waals surface area contributed by atoms with Crippen LogP contribution in [0.15, 0.2) is 18.2 Å². The molecule has 2 aliphatic heterocycles. The highest BCUT2D eigenvalue weighted by molar-refractivity contribution is 6.25. The number of carbonyl (C=O) groups is 4. The van der Waals surface area contributed by atoms with Crippen molar-refractivity contribution in [2.45, 2.75) is 25.1 Å². The summed E-state index contributed by atoms with van der Waals surface area (Å²) in [4.78, 5) is 49.0. The van der Waals surface area contributed by atoms with Gasteiger partial charge in [0.05, 0.1) is 30.9 Å². The molecular formula is C19H23N3O7. The summed E-state index contributed by atoms with van der Waals surface area (Å²) in [5.41, 5.74) is 0.952. The first-order valence-electron chi connectivity index (χ1n) is 9.37. The molecule has 10 heteroatoms. The summed E-state index contributed by atoms with van der Waals surface area (Å²) >= 11 is 0. The molecule has 10 nitrogen and oxygen atoms in total. The van der Waals surface area contributed by atoms with Crippen molar-refractivity contribution < 1.29 is 33.8 Å². The molecule has 0 bridgehead atoms. The van der Waals surface area contributed by atoms with Crippen molar-refractivity contribution in [1.82, 2.24) is 10.2 Å². The van der Waals surface area contributed by atoms with Crippen LogP contribution >= 0.6 is 0 Å². The summed E-state index contributed by atoms with van der Waals surface area (Å²) in [6, 6.07) is 3.96. The van der Waals surface area contributed by atoms with E-state index in [2.05, 4.69) is 10.6 Å². The number of nitrogens with one attached hydrogen (secondary N) is 2. The lowest BCUT2D eigenvalue weighted by Crippen LogP contribution is -2.55. The molecular weight excluding hydrogens is 382 g/mol. The van der Waals surface area contributed by atoms with Crippen LogP contribution in [-0.4, -0.2) is 79.3 Å². The summed E-state index contributed by atoms with van der Waals surface area (Å²) in [6.07, 6.45) is 0.178. The number of hydrogen-bond acceptors (Lipinski definition) is 8. The largest absolute Gasteiger partial charge is 0.382 e. The van der Waals surface area contributed by atoms with E-state index < -0.39 is 30.0 Å². The van der Waals surface area contributed by atoms with Crippen molar-refractivity contribution in [1.29, 1.82) is 0 Å². The number of imide groups is 1. The molecule has 0 spiro atoms. The van der Waals surface area contributed by atoms with Crippen LogP contribution < -0.4 is 10.6 Å². The number of piperidine rings is 1. The standard InChI is InChI=1S/C19H23N3O7/c23-7-9-29-11-10-28-8-6-20-13-3-1-2-12-16(13)19(27)22(18(12)26)14-4-5-15(24)21-17(14)25/h1-3,7,14-15,20,24H,4-6,8-11H2,(H,21,25). The van der Waals surface area contributed by atoms with Gasteiger partial charge >= 0.3 is 0 Å². The molecule has 0 saturated carbocycles. The Morgan fingerprint density at radius 2 is 1.93 bits per heavy atom. The van der Waals surface area contributed by atoms with Crippen LogP contribution in [-0.2, 0) is 19.1 Å². The molecule has 0 radical (unpaired) electrons. The highest BCUT2D eigenvalue weighted by Gasteiger charge is 2.45. The van der Waals surface area contributed by atoms with Crippen LogP contribution in [0.5, 0.6) is 0 Å². The van der Waals surface area contributed by atoms with E-state index in [-0.39, 0.29) is 30.6 Å². The summed E-state index contributed by atoms with van der Waals surface area (Å²) in [7, 11) is 0. The molecule has 1 saturated heterocycles. The first-order valence-corrected chi connectivity index (χ1v) is 9.37. The van der Waals surface area contributed by atoms with E-state index in [1.807, 2.05) is 0 Å². The highest BCUT2D eigenvalue weighted by Crippen LogP contribution is 2.32. The average molecular weight is 405 g/mol. The zero-order valence-electron chi connectivity index (χ0n) is 15.8. The molecule has 2 atom stereocenters. The minimum atomic E-state index is -0.963. The van der Waals surface area contributed by atoms with Crippen LogP contribution in [0.3, 0.4) is 0 Å². The molecule has 156 valence electrons. The predicted octanol–water partition coefficient (Wildman–Crippen LogP) is -0.476. The number of hydrogen-bond donors (Lipinski definition) is 3. The van der Waals surface area contributed by atoms with Gasteiger partial charge in [0.2, 0.25) is 5.91 Å². The number of aldehydes is 1. The number of fused-ring (bicyclic) bond motifs is 1. The first kappa shape index (κ1) is 20.9. The van der Waals surface area contributed by atoms with Gasteiger partial charge in [-0.2, -0.15) is 0 Å². The zero-order valence-corrected chi connectivity index (χ0v) is 15.8. The fraction of sp³-hybridized carbons (Fsp3) is 0.474. The fourth-order valence-corrected chi connectivity index (χ4v) is 3.37. The second-order valence-corrected chi connectivity index (χ2v) is 6.61. The maximum atomic E-state index is 12.9. The molecule has 1 fully saturated rings. The van der Waals surface area contributed by atoms with Crippen molar-refractivity contribution >= 4 is 29.7 Å². The predicted molar refractivity (Wildman–Crippen MR) is 100 cm³/mol. The Hall–Kier alpha value is -2.82. The Labute approximate surface area is 167 Å². The van der Waals surface area contributed by atoms with Gasteiger partial charge in [-0.1, -0.05) is 6.07 Å². The lowest BCUT2D eigenvalue weighted by Gasteiger charge is -2.31. The van der Waals surface area contributed by atoms with Crippen LogP contribution in [0, 0.1) is 0 Å². The molecule has 1 aromatic carbocycles. The lowest BCUT2D eigenvalue weighted by molar-refractivity contribution is -0.131. The summed E-state index contributed by atoms with van der Waals surface area (Å²) in [5.74, 6) is -1.60. The quantitative estimate of drug-likeness (QED) is 0.270. The smallest absolute Gasteiger partial charge is 0.264 e. The lowest BCUT2D eigenvalue weighted by atomic mass is 10.0. The second-order valence-electron chi connectivity index (χ2n) is 6.61. The topological polar surface area (TPSA) is 134 Å². The molecule has 29 heavy (non-hydrogen) atoms. The molecule has 2 aliphatic rings. The number of benzene rings is 1. The summed E-state index contributed by atoms with van der Waals surface area (Å²) < 4.78 is 10.3. The van der Waals surface area contributed by atoms with Crippen molar-refractivity contribution in [3.05, 3.63) is 29.3 Å². The van der Waals surface area contributed by atoms with Crippen LogP contribution in [0.1, 0.15) is 33.6 Å². The fourth-order valence-electron chi connectivity index (χ4n) is 3.37. The third-order valence-corrected chi connectivity index (χ3v) is 4.70. The van der Waals surface area contributed by atoms with Gasteiger partial charge in [-0.25, -0.2) is 0 Å². The molecule has 3 amide bonds. The Kier molecular flexibility index (Phi) is 6.91. The van der Waals surface area contributed by atoms with Gasteiger partial charge in [0.15, 0.2) is 0 Å². The number of carbonyl (C=O) groups excluding carboxylic acids is 4. The zero-order chi connectivity index (χ0) is 20.8. The monoisotopic (exact) mass is 405 g/mol.